The lowest BCUT2D eigenvalue weighted by Gasteiger charge is -2.25. The highest BCUT2D eigenvalue weighted by Crippen LogP contribution is 2.19. The van der Waals surface area contributed by atoms with E-state index >= 15 is 0 Å². The van der Waals surface area contributed by atoms with Crippen molar-refractivity contribution in [1.29, 1.82) is 0 Å². The van der Waals surface area contributed by atoms with Crippen molar-refractivity contribution in [2.45, 2.75) is 25.0 Å². The molecule has 1 aliphatic heterocycles. The van der Waals surface area contributed by atoms with Crippen molar-refractivity contribution in [2.75, 3.05) is 25.5 Å². The first-order valence-electron chi connectivity index (χ1n) is 9.00. The molecule has 1 aliphatic rings. The van der Waals surface area contributed by atoms with Gasteiger partial charge in [0.05, 0.1) is 12.9 Å². The third kappa shape index (κ3) is 5.08. The van der Waals surface area contributed by atoms with Gasteiger partial charge < -0.3 is 10.1 Å². The van der Waals surface area contributed by atoms with Crippen LogP contribution in [0.4, 0.5) is 5.69 Å². The average Bonchev–Trinajstić information content (AvgIpc) is 2.69. The van der Waals surface area contributed by atoms with E-state index in [2.05, 4.69) is 5.32 Å². The summed E-state index contributed by atoms with van der Waals surface area (Å²) in [4.78, 5) is 12.3. The predicted molar refractivity (Wildman–Crippen MR) is 105 cm³/mol. The van der Waals surface area contributed by atoms with Crippen molar-refractivity contribution >= 4 is 21.6 Å². The number of amides is 1. The molecule has 1 saturated heterocycles. The summed E-state index contributed by atoms with van der Waals surface area (Å²) in [6.45, 7) is 1.20. The summed E-state index contributed by atoms with van der Waals surface area (Å²) in [5, 5.41) is 2.81. The first-order valence-corrected chi connectivity index (χ1v) is 10.6. The quantitative estimate of drug-likeness (QED) is 0.824. The van der Waals surface area contributed by atoms with Gasteiger partial charge in [-0.1, -0.05) is 18.6 Å². The summed E-state index contributed by atoms with van der Waals surface area (Å²) in [7, 11) is -1.72. The molecule has 2 aromatic carbocycles. The van der Waals surface area contributed by atoms with Crippen molar-refractivity contribution in [2.24, 2.45) is 0 Å². The van der Waals surface area contributed by atoms with Crippen LogP contribution in [0.3, 0.4) is 0 Å². The molecule has 1 N–H and O–H groups in total. The molecule has 0 radical (unpaired) electrons. The molecular weight excluding hydrogens is 364 g/mol. The van der Waals surface area contributed by atoms with Crippen molar-refractivity contribution in [3.8, 4) is 5.75 Å². The van der Waals surface area contributed by atoms with Gasteiger partial charge in [-0.05, 0) is 54.8 Å². The van der Waals surface area contributed by atoms with Crippen LogP contribution in [0.5, 0.6) is 5.75 Å². The average molecular weight is 388 g/mol. The summed E-state index contributed by atoms with van der Waals surface area (Å²) < 4.78 is 31.7. The summed E-state index contributed by atoms with van der Waals surface area (Å²) in [6.07, 6.45) is 2.93. The molecule has 0 spiro atoms. The number of hydrogen-bond donors (Lipinski definition) is 1. The topological polar surface area (TPSA) is 75.7 Å². The molecule has 2 aromatic rings. The Bertz CT molecular complexity index is 871. The molecule has 1 heterocycles. The number of piperidine rings is 1. The van der Waals surface area contributed by atoms with Crippen LogP contribution in [0.1, 0.15) is 35.2 Å². The van der Waals surface area contributed by atoms with Gasteiger partial charge in [0.15, 0.2) is 0 Å². The number of rotatable bonds is 6. The number of sulfonamides is 1. The van der Waals surface area contributed by atoms with Gasteiger partial charge in [-0.3, -0.25) is 4.79 Å². The number of benzene rings is 2. The van der Waals surface area contributed by atoms with E-state index in [0.717, 1.165) is 19.3 Å². The summed E-state index contributed by atoms with van der Waals surface area (Å²) in [5.41, 5.74) is 1.82. The Labute approximate surface area is 160 Å². The van der Waals surface area contributed by atoms with E-state index in [1.165, 1.54) is 0 Å². The van der Waals surface area contributed by atoms with Crippen molar-refractivity contribution in [3.05, 3.63) is 59.7 Å². The Morgan fingerprint density at radius 3 is 2.22 bits per heavy atom. The molecule has 0 aromatic heterocycles. The first-order chi connectivity index (χ1) is 13.0. The van der Waals surface area contributed by atoms with E-state index in [-0.39, 0.29) is 11.7 Å². The second-order valence-corrected chi connectivity index (χ2v) is 8.56. The van der Waals surface area contributed by atoms with Crippen LogP contribution in [0.25, 0.3) is 0 Å². The Hall–Kier alpha value is -2.38. The van der Waals surface area contributed by atoms with Gasteiger partial charge in [0.1, 0.15) is 5.75 Å². The molecule has 0 bridgehead atoms. The van der Waals surface area contributed by atoms with E-state index in [9.17, 15) is 13.2 Å². The number of anilines is 1. The maximum absolute atomic E-state index is 12.5. The van der Waals surface area contributed by atoms with Gasteiger partial charge in [-0.15, -0.1) is 0 Å². The minimum atomic E-state index is -3.30. The number of ether oxygens (including phenoxy) is 1. The predicted octanol–water partition coefficient (Wildman–Crippen LogP) is 3.26. The van der Waals surface area contributed by atoms with Crippen LogP contribution in [-0.2, 0) is 15.8 Å². The summed E-state index contributed by atoms with van der Waals surface area (Å²) in [5.74, 6) is 0.436. The van der Waals surface area contributed by atoms with Gasteiger partial charge >= 0.3 is 0 Å². The lowest BCUT2D eigenvalue weighted by molar-refractivity contribution is 0.102. The number of carbonyl (C=O) groups is 1. The molecule has 0 saturated carbocycles. The minimum absolute atomic E-state index is 0.0343. The second-order valence-electron chi connectivity index (χ2n) is 6.60. The number of nitrogens with one attached hydrogen (secondary N) is 1. The largest absolute Gasteiger partial charge is 0.497 e. The van der Waals surface area contributed by atoms with Gasteiger partial charge in [0.2, 0.25) is 10.0 Å². The van der Waals surface area contributed by atoms with Crippen molar-refractivity contribution in [1.82, 2.24) is 4.31 Å². The third-order valence-corrected chi connectivity index (χ3v) is 6.47. The Balaban J connectivity index is 1.62. The Morgan fingerprint density at radius 2 is 1.63 bits per heavy atom. The normalized spacial score (nSPS) is 15.3. The van der Waals surface area contributed by atoms with Gasteiger partial charge in [0, 0.05) is 24.3 Å². The molecule has 6 nitrogen and oxygen atoms in total. The lowest BCUT2D eigenvalue weighted by atomic mass is 10.1. The molecule has 7 heteroatoms. The Kier molecular flexibility index (Phi) is 6.13. The number of hydrogen-bond acceptors (Lipinski definition) is 4. The second kappa shape index (κ2) is 8.54. The maximum atomic E-state index is 12.5. The zero-order chi connectivity index (χ0) is 19.3. The van der Waals surface area contributed by atoms with Crippen LogP contribution >= 0.6 is 0 Å². The molecule has 27 heavy (non-hydrogen) atoms. The van der Waals surface area contributed by atoms with E-state index in [1.54, 1.807) is 59.9 Å². The zero-order valence-electron chi connectivity index (χ0n) is 15.3. The molecule has 144 valence electrons. The van der Waals surface area contributed by atoms with Crippen LogP contribution in [0, 0.1) is 0 Å². The SMILES string of the molecule is COc1ccc(NC(=O)c2ccc(CS(=O)(=O)N3CCCCC3)cc2)cc1. The van der Waals surface area contributed by atoms with Gasteiger partial charge in [0.25, 0.3) is 5.91 Å². The number of carbonyl (C=O) groups excluding carboxylic acids is 1. The number of nitrogens with zero attached hydrogens (tertiary/aromatic N) is 1. The van der Waals surface area contributed by atoms with E-state index in [4.69, 9.17) is 4.74 Å². The highest BCUT2D eigenvalue weighted by atomic mass is 32.2. The summed E-state index contributed by atoms with van der Waals surface area (Å²) >= 11 is 0. The first kappa shape index (κ1) is 19.4. The lowest BCUT2D eigenvalue weighted by Crippen LogP contribution is -2.36. The molecule has 0 aliphatic carbocycles. The zero-order valence-corrected chi connectivity index (χ0v) is 16.2. The smallest absolute Gasteiger partial charge is 0.255 e. The fraction of sp³-hybridized carbons (Fsp3) is 0.350. The van der Waals surface area contributed by atoms with E-state index in [0.29, 0.717) is 35.7 Å². The maximum Gasteiger partial charge on any atom is 0.255 e. The Morgan fingerprint density at radius 1 is 1.00 bits per heavy atom. The molecule has 0 unspecified atom stereocenters. The van der Waals surface area contributed by atoms with Crippen molar-refractivity contribution in [3.63, 3.8) is 0 Å². The highest BCUT2D eigenvalue weighted by molar-refractivity contribution is 7.88. The van der Waals surface area contributed by atoms with E-state index in [1.807, 2.05) is 0 Å². The molecule has 1 fully saturated rings. The third-order valence-electron chi connectivity index (χ3n) is 4.62. The summed E-state index contributed by atoms with van der Waals surface area (Å²) in [6, 6.07) is 13.8. The van der Waals surface area contributed by atoms with Crippen LogP contribution in [-0.4, -0.2) is 38.8 Å². The standard InChI is InChI=1S/C20H24N2O4S/c1-26-19-11-9-18(10-12-19)21-20(23)17-7-5-16(6-8-17)15-27(24,25)22-13-3-2-4-14-22/h5-12H,2-4,13-15H2,1H3,(H,21,23). The fourth-order valence-electron chi connectivity index (χ4n) is 3.07. The molecular formula is C20H24N2O4S. The highest BCUT2D eigenvalue weighted by Gasteiger charge is 2.24. The van der Waals surface area contributed by atoms with Crippen molar-refractivity contribution < 1.29 is 17.9 Å². The monoisotopic (exact) mass is 388 g/mol. The number of methoxy groups -OCH3 is 1. The van der Waals surface area contributed by atoms with Gasteiger partial charge in [-0.2, -0.15) is 0 Å². The molecule has 0 atom stereocenters. The van der Waals surface area contributed by atoms with Crippen LogP contribution in [0.2, 0.25) is 0 Å². The van der Waals surface area contributed by atoms with Gasteiger partial charge in [-0.25, -0.2) is 12.7 Å². The van der Waals surface area contributed by atoms with E-state index < -0.39 is 10.0 Å². The molecule has 3 rings (SSSR count). The van der Waals surface area contributed by atoms with Crippen LogP contribution < -0.4 is 10.1 Å². The molecule has 1 amide bonds. The fourth-order valence-corrected chi connectivity index (χ4v) is 4.69. The van der Waals surface area contributed by atoms with Crippen LogP contribution in [0.15, 0.2) is 48.5 Å². The minimum Gasteiger partial charge on any atom is -0.497 e.